The summed E-state index contributed by atoms with van der Waals surface area (Å²) in [4.78, 5) is 13.7. The molecule has 1 aromatic carbocycles. The van der Waals surface area contributed by atoms with Gasteiger partial charge in [0.15, 0.2) is 0 Å². The highest BCUT2D eigenvalue weighted by Crippen LogP contribution is 2.22. The van der Waals surface area contributed by atoms with Gasteiger partial charge in [-0.3, -0.25) is 0 Å². The largest absolute Gasteiger partial charge is 0.361 e. The predicted octanol–water partition coefficient (Wildman–Crippen LogP) is 2.84. The molecule has 2 aromatic heterocycles. The maximum Gasteiger partial charge on any atom is 0.317 e. The van der Waals surface area contributed by atoms with Crippen molar-refractivity contribution in [3.05, 3.63) is 52.9 Å². The Balaban J connectivity index is 1.53. The van der Waals surface area contributed by atoms with Crippen LogP contribution in [0.15, 0.2) is 40.9 Å². The quantitative estimate of drug-likeness (QED) is 0.770. The van der Waals surface area contributed by atoms with Crippen molar-refractivity contribution in [2.45, 2.75) is 20.0 Å². The molecule has 0 aliphatic heterocycles. The highest BCUT2D eigenvalue weighted by molar-refractivity contribution is 7.14. The lowest BCUT2D eigenvalue weighted by Gasteiger charge is -2.15. The van der Waals surface area contributed by atoms with Gasteiger partial charge in [-0.2, -0.15) is 0 Å². The molecule has 0 unspecified atom stereocenters. The number of nitrogens with one attached hydrogen (secondary N) is 1. The van der Waals surface area contributed by atoms with Crippen molar-refractivity contribution in [2.24, 2.45) is 0 Å². The minimum absolute atomic E-state index is 0.202. The van der Waals surface area contributed by atoms with Crippen molar-refractivity contribution in [1.29, 1.82) is 0 Å². The second-order valence-corrected chi connectivity index (χ2v) is 6.37. The number of carbonyl (C=O) groups is 1. The molecule has 3 aromatic rings. The van der Waals surface area contributed by atoms with Crippen molar-refractivity contribution in [3.63, 3.8) is 0 Å². The van der Waals surface area contributed by atoms with Gasteiger partial charge in [0.2, 0.25) is 0 Å². The molecule has 2 heterocycles. The fraction of sp³-hybridized carbons (Fsp3) is 0.250. The van der Waals surface area contributed by atoms with E-state index < -0.39 is 0 Å². The van der Waals surface area contributed by atoms with Crippen LogP contribution in [0.1, 0.15) is 16.5 Å². The Bertz CT molecular complexity index is 815. The summed E-state index contributed by atoms with van der Waals surface area (Å²) in [5.74, 6) is 0.723. The Hall–Kier alpha value is -2.74. The van der Waals surface area contributed by atoms with E-state index in [1.807, 2.05) is 37.3 Å². The lowest BCUT2D eigenvalue weighted by molar-refractivity contribution is 0.205. The molecular weight excluding hydrogens is 326 g/mol. The Kier molecular flexibility index (Phi) is 4.85. The molecule has 0 bridgehead atoms. The number of carbonyl (C=O) groups excluding carboxylic acids is 1. The number of amides is 2. The van der Waals surface area contributed by atoms with Crippen LogP contribution in [-0.4, -0.2) is 33.3 Å². The fourth-order valence-corrected chi connectivity index (χ4v) is 2.90. The number of hydrogen-bond acceptors (Lipinski definition) is 6. The summed E-state index contributed by atoms with van der Waals surface area (Å²) in [7, 11) is 1.70. The highest BCUT2D eigenvalue weighted by Gasteiger charge is 2.13. The number of nitrogens with zero attached hydrogens (tertiary/aromatic N) is 4. The summed E-state index contributed by atoms with van der Waals surface area (Å²) < 4.78 is 4.99. The van der Waals surface area contributed by atoms with Gasteiger partial charge in [0.05, 0.1) is 13.1 Å². The van der Waals surface area contributed by atoms with Crippen LogP contribution in [0.25, 0.3) is 10.6 Å². The number of hydrogen-bond donors (Lipinski definition) is 1. The Morgan fingerprint density at radius 2 is 2.08 bits per heavy atom. The molecule has 0 aliphatic carbocycles. The summed E-state index contributed by atoms with van der Waals surface area (Å²) in [6, 6.07) is 11.4. The number of benzene rings is 1. The zero-order valence-electron chi connectivity index (χ0n) is 13.4. The third kappa shape index (κ3) is 3.96. The van der Waals surface area contributed by atoms with Gasteiger partial charge in [-0.25, -0.2) is 4.79 Å². The topological polar surface area (TPSA) is 84.2 Å². The van der Waals surface area contributed by atoms with Crippen molar-refractivity contribution >= 4 is 17.4 Å². The maximum atomic E-state index is 12.1. The first-order valence-electron chi connectivity index (χ1n) is 7.41. The van der Waals surface area contributed by atoms with E-state index in [1.165, 1.54) is 16.2 Å². The van der Waals surface area contributed by atoms with Crippen LogP contribution >= 0.6 is 11.3 Å². The molecule has 0 atom stereocenters. The van der Waals surface area contributed by atoms with Crippen molar-refractivity contribution in [2.75, 3.05) is 7.05 Å². The lowest BCUT2D eigenvalue weighted by atomic mass is 10.2. The minimum Gasteiger partial charge on any atom is -0.361 e. The standard InChI is InChI=1S/C16H17N5O2S/c1-11-8-13(20-23-11)10-21(2)16(22)17-9-14-18-19-15(24-14)12-6-4-3-5-7-12/h3-8H,9-10H2,1-2H3,(H,17,22). The van der Waals surface area contributed by atoms with Crippen molar-refractivity contribution in [1.82, 2.24) is 25.6 Å². The third-order valence-corrected chi connectivity index (χ3v) is 4.27. The van der Waals surface area contributed by atoms with E-state index in [0.29, 0.717) is 18.8 Å². The molecule has 0 saturated carbocycles. The van der Waals surface area contributed by atoms with E-state index in [2.05, 4.69) is 20.7 Å². The van der Waals surface area contributed by atoms with E-state index in [1.54, 1.807) is 13.1 Å². The van der Waals surface area contributed by atoms with Crippen LogP contribution in [-0.2, 0) is 13.1 Å². The highest BCUT2D eigenvalue weighted by atomic mass is 32.1. The summed E-state index contributed by atoms with van der Waals surface area (Å²) >= 11 is 1.46. The Labute approximate surface area is 143 Å². The molecule has 2 amide bonds. The molecule has 8 heteroatoms. The van der Waals surface area contributed by atoms with Crippen LogP contribution in [0.3, 0.4) is 0 Å². The molecular formula is C16H17N5O2S. The Morgan fingerprint density at radius 1 is 1.29 bits per heavy atom. The molecule has 24 heavy (non-hydrogen) atoms. The average molecular weight is 343 g/mol. The second kappa shape index (κ2) is 7.22. The molecule has 124 valence electrons. The zero-order chi connectivity index (χ0) is 16.9. The number of aromatic nitrogens is 3. The van der Waals surface area contributed by atoms with E-state index in [4.69, 9.17) is 4.52 Å². The smallest absolute Gasteiger partial charge is 0.317 e. The van der Waals surface area contributed by atoms with Gasteiger partial charge in [-0.05, 0) is 6.92 Å². The first kappa shape index (κ1) is 16.1. The maximum absolute atomic E-state index is 12.1. The van der Waals surface area contributed by atoms with Gasteiger partial charge < -0.3 is 14.7 Å². The summed E-state index contributed by atoms with van der Waals surface area (Å²) in [6.07, 6.45) is 0. The number of rotatable bonds is 5. The molecule has 0 aliphatic rings. The first-order chi connectivity index (χ1) is 11.6. The average Bonchev–Trinajstić information content (AvgIpc) is 3.22. The normalized spacial score (nSPS) is 10.6. The monoisotopic (exact) mass is 343 g/mol. The number of aryl methyl sites for hydroxylation is 1. The summed E-state index contributed by atoms with van der Waals surface area (Å²) in [6.45, 7) is 2.54. The fourth-order valence-electron chi connectivity index (χ4n) is 2.12. The van der Waals surface area contributed by atoms with Gasteiger partial charge >= 0.3 is 6.03 Å². The third-order valence-electron chi connectivity index (χ3n) is 3.30. The van der Waals surface area contributed by atoms with Gasteiger partial charge in [-0.15, -0.1) is 10.2 Å². The summed E-state index contributed by atoms with van der Waals surface area (Å²) in [5, 5.41) is 16.6. The predicted molar refractivity (Wildman–Crippen MR) is 90.3 cm³/mol. The molecule has 0 spiro atoms. The van der Waals surface area contributed by atoms with E-state index in [0.717, 1.165) is 21.3 Å². The zero-order valence-corrected chi connectivity index (χ0v) is 14.2. The summed E-state index contributed by atoms with van der Waals surface area (Å²) in [5.41, 5.74) is 1.73. The SMILES string of the molecule is Cc1cc(CN(C)C(=O)NCc2nnc(-c3ccccc3)s2)no1. The van der Waals surface area contributed by atoms with Crippen LogP contribution in [0.2, 0.25) is 0 Å². The van der Waals surface area contributed by atoms with E-state index >= 15 is 0 Å². The molecule has 7 nitrogen and oxygen atoms in total. The van der Waals surface area contributed by atoms with Crippen LogP contribution in [0.4, 0.5) is 4.79 Å². The lowest BCUT2D eigenvalue weighted by Crippen LogP contribution is -2.36. The van der Waals surface area contributed by atoms with E-state index in [9.17, 15) is 4.79 Å². The first-order valence-corrected chi connectivity index (χ1v) is 8.22. The van der Waals surface area contributed by atoms with E-state index in [-0.39, 0.29) is 6.03 Å². The van der Waals surface area contributed by atoms with Crippen LogP contribution in [0, 0.1) is 6.92 Å². The van der Waals surface area contributed by atoms with Crippen molar-refractivity contribution < 1.29 is 9.32 Å². The number of urea groups is 1. The second-order valence-electron chi connectivity index (χ2n) is 5.31. The molecule has 0 saturated heterocycles. The van der Waals surface area contributed by atoms with Gasteiger partial charge in [0.1, 0.15) is 21.5 Å². The van der Waals surface area contributed by atoms with Crippen LogP contribution in [0.5, 0.6) is 0 Å². The van der Waals surface area contributed by atoms with Gasteiger partial charge in [0.25, 0.3) is 0 Å². The molecule has 0 fully saturated rings. The van der Waals surface area contributed by atoms with Crippen LogP contribution < -0.4 is 5.32 Å². The van der Waals surface area contributed by atoms with Crippen molar-refractivity contribution in [3.8, 4) is 10.6 Å². The molecule has 1 N–H and O–H groups in total. The molecule has 0 radical (unpaired) electrons. The van der Waals surface area contributed by atoms with Gasteiger partial charge in [0, 0.05) is 18.7 Å². The van der Waals surface area contributed by atoms with Gasteiger partial charge in [-0.1, -0.05) is 46.8 Å². The molecule has 3 rings (SSSR count). The minimum atomic E-state index is -0.202. The Morgan fingerprint density at radius 3 is 2.79 bits per heavy atom.